The van der Waals surface area contributed by atoms with Gasteiger partial charge in [0.15, 0.2) is 0 Å². The van der Waals surface area contributed by atoms with Gasteiger partial charge in [0, 0.05) is 15.7 Å². The zero-order chi connectivity index (χ0) is 15.1. The SMILES string of the molecule is O=C(CNc1ccccc1)N/N=C\c1ccc(Br)cc1F. The fourth-order valence-electron chi connectivity index (χ4n) is 1.56. The van der Waals surface area contributed by atoms with Crippen molar-refractivity contribution in [3.8, 4) is 0 Å². The summed E-state index contributed by atoms with van der Waals surface area (Å²) in [5.41, 5.74) is 3.48. The first-order valence-corrected chi connectivity index (χ1v) is 7.00. The van der Waals surface area contributed by atoms with Crippen LogP contribution in [-0.4, -0.2) is 18.7 Å². The van der Waals surface area contributed by atoms with Crippen LogP contribution in [0.2, 0.25) is 0 Å². The highest BCUT2D eigenvalue weighted by molar-refractivity contribution is 9.10. The molecule has 2 rings (SSSR count). The van der Waals surface area contributed by atoms with Gasteiger partial charge in [-0.25, -0.2) is 9.82 Å². The van der Waals surface area contributed by atoms with Gasteiger partial charge in [-0.15, -0.1) is 0 Å². The third kappa shape index (κ3) is 5.00. The molecule has 2 aromatic rings. The maximum Gasteiger partial charge on any atom is 0.259 e. The van der Waals surface area contributed by atoms with E-state index in [1.165, 1.54) is 12.3 Å². The molecule has 108 valence electrons. The maximum atomic E-state index is 13.5. The van der Waals surface area contributed by atoms with Crippen molar-refractivity contribution >= 4 is 33.7 Å². The number of anilines is 1. The fourth-order valence-corrected chi connectivity index (χ4v) is 1.89. The van der Waals surface area contributed by atoms with Gasteiger partial charge in [0.1, 0.15) is 5.82 Å². The Bertz CT molecular complexity index is 647. The number of hydrogen-bond donors (Lipinski definition) is 2. The standard InChI is InChI=1S/C15H13BrFN3O/c16-12-7-6-11(14(17)8-12)9-19-20-15(21)10-18-13-4-2-1-3-5-13/h1-9,18H,10H2,(H,20,21)/b19-9-. The summed E-state index contributed by atoms with van der Waals surface area (Å²) >= 11 is 3.17. The van der Waals surface area contributed by atoms with Gasteiger partial charge in [0.05, 0.1) is 12.8 Å². The summed E-state index contributed by atoms with van der Waals surface area (Å²) in [5, 5.41) is 6.67. The molecule has 4 nitrogen and oxygen atoms in total. The second kappa shape index (κ2) is 7.54. The number of hydrazone groups is 1. The second-order valence-corrected chi connectivity index (χ2v) is 5.09. The highest BCUT2D eigenvalue weighted by Gasteiger charge is 2.01. The molecule has 0 aliphatic rings. The van der Waals surface area contributed by atoms with Crippen molar-refractivity contribution in [3.05, 3.63) is 64.4 Å². The van der Waals surface area contributed by atoms with E-state index >= 15 is 0 Å². The quantitative estimate of drug-likeness (QED) is 0.643. The Balaban J connectivity index is 1.82. The predicted octanol–water partition coefficient (Wildman–Crippen LogP) is 3.15. The molecule has 0 radical (unpaired) electrons. The first-order chi connectivity index (χ1) is 10.1. The van der Waals surface area contributed by atoms with Gasteiger partial charge in [0.25, 0.3) is 5.91 Å². The van der Waals surface area contributed by atoms with Crippen LogP contribution in [0.25, 0.3) is 0 Å². The number of hydrogen-bond acceptors (Lipinski definition) is 3. The molecule has 0 aliphatic carbocycles. The Morgan fingerprint density at radius 1 is 1.24 bits per heavy atom. The first-order valence-electron chi connectivity index (χ1n) is 6.21. The van der Waals surface area contributed by atoms with E-state index in [-0.39, 0.29) is 12.5 Å². The molecule has 0 spiro atoms. The van der Waals surface area contributed by atoms with Crippen molar-refractivity contribution in [2.45, 2.75) is 0 Å². The molecule has 0 aromatic heterocycles. The highest BCUT2D eigenvalue weighted by Crippen LogP contribution is 2.13. The zero-order valence-electron chi connectivity index (χ0n) is 11.0. The Morgan fingerprint density at radius 2 is 2.00 bits per heavy atom. The minimum atomic E-state index is -0.412. The zero-order valence-corrected chi connectivity index (χ0v) is 12.6. The largest absolute Gasteiger partial charge is 0.376 e. The Kier molecular flexibility index (Phi) is 5.45. The Morgan fingerprint density at radius 3 is 2.71 bits per heavy atom. The average molecular weight is 350 g/mol. The third-order valence-corrected chi connectivity index (χ3v) is 3.08. The Labute approximate surface area is 130 Å². The van der Waals surface area contributed by atoms with Crippen LogP contribution in [0.4, 0.5) is 10.1 Å². The van der Waals surface area contributed by atoms with E-state index in [9.17, 15) is 9.18 Å². The van der Waals surface area contributed by atoms with Crippen molar-refractivity contribution in [1.29, 1.82) is 0 Å². The van der Waals surface area contributed by atoms with E-state index in [0.717, 1.165) is 5.69 Å². The second-order valence-electron chi connectivity index (χ2n) is 4.18. The van der Waals surface area contributed by atoms with Crippen LogP contribution in [0.15, 0.2) is 58.1 Å². The number of para-hydroxylation sites is 1. The van der Waals surface area contributed by atoms with E-state index in [0.29, 0.717) is 10.0 Å². The predicted molar refractivity (Wildman–Crippen MR) is 84.8 cm³/mol. The molecular weight excluding hydrogens is 337 g/mol. The van der Waals surface area contributed by atoms with Crippen molar-refractivity contribution in [2.75, 3.05) is 11.9 Å². The van der Waals surface area contributed by atoms with E-state index in [1.807, 2.05) is 30.3 Å². The molecule has 0 saturated carbocycles. The van der Waals surface area contributed by atoms with Crippen LogP contribution in [-0.2, 0) is 4.79 Å². The third-order valence-electron chi connectivity index (χ3n) is 2.58. The molecule has 0 fully saturated rings. The normalized spacial score (nSPS) is 10.6. The molecule has 0 aliphatic heterocycles. The molecular formula is C15H13BrFN3O. The van der Waals surface area contributed by atoms with E-state index in [4.69, 9.17) is 0 Å². The lowest BCUT2D eigenvalue weighted by atomic mass is 10.2. The summed E-state index contributed by atoms with van der Waals surface area (Å²) in [6.07, 6.45) is 1.27. The van der Waals surface area contributed by atoms with Crippen LogP contribution < -0.4 is 10.7 Å². The van der Waals surface area contributed by atoms with Crippen LogP contribution >= 0.6 is 15.9 Å². The van der Waals surface area contributed by atoms with Crippen LogP contribution in [0.5, 0.6) is 0 Å². The number of rotatable bonds is 5. The molecule has 0 saturated heterocycles. The van der Waals surface area contributed by atoms with Gasteiger partial charge in [-0.3, -0.25) is 4.79 Å². The lowest BCUT2D eigenvalue weighted by Gasteiger charge is -2.04. The number of amides is 1. The molecule has 0 heterocycles. The van der Waals surface area contributed by atoms with Gasteiger partial charge in [-0.2, -0.15) is 5.10 Å². The molecule has 2 N–H and O–H groups in total. The summed E-state index contributed by atoms with van der Waals surface area (Å²) < 4.78 is 14.1. The first kappa shape index (κ1) is 15.2. The molecule has 0 atom stereocenters. The van der Waals surface area contributed by atoms with Crippen LogP contribution in [0.3, 0.4) is 0 Å². The highest BCUT2D eigenvalue weighted by atomic mass is 79.9. The number of carbonyl (C=O) groups is 1. The molecule has 0 unspecified atom stereocenters. The van der Waals surface area contributed by atoms with Crippen molar-refractivity contribution in [2.24, 2.45) is 5.10 Å². The molecule has 6 heteroatoms. The van der Waals surface area contributed by atoms with E-state index in [1.54, 1.807) is 12.1 Å². The van der Waals surface area contributed by atoms with Gasteiger partial charge in [-0.05, 0) is 30.3 Å². The average Bonchev–Trinajstić information content (AvgIpc) is 2.48. The van der Waals surface area contributed by atoms with Crippen molar-refractivity contribution < 1.29 is 9.18 Å². The van der Waals surface area contributed by atoms with E-state index < -0.39 is 5.82 Å². The van der Waals surface area contributed by atoms with Crippen molar-refractivity contribution in [3.63, 3.8) is 0 Å². The Hall–Kier alpha value is -2.21. The van der Waals surface area contributed by atoms with Gasteiger partial charge >= 0.3 is 0 Å². The number of benzene rings is 2. The van der Waals surface area contributed by atoms with Gasteiger partial charge in [-0.1, -0.05) is 34.1 Å². The molecule has 21 heavy (non-hydrogen) atoms. The maximum absolute atomic E-state index is 13.5. The van der Waals surface area contributed by atoms with E-state index in [2.05, 4.69) is 31.8 Å². The summed E-state index contributed by atoms with van der Waals surface area (Å²) in [6, 6.07) is 13.9. The lowest BCUT2D eigenvalue weighted by molar-refractivity contribution is -0.119. The van der Waals surface area contributed by atoms with Crippen molar-refractivity contribution in [1.82, 2.24) is 5.43 Å². The summed E-state index contributed by atoms with van der Waals surface area (Å²) in [5.74, 6) is -0.725. The topological polar surface area (TPSA) is 53.5 Å². The number of carbonyl (C=O) groups excluding carboxylic acids is 1. The number of nitrogens with one attached hydrogen (secondary N) is 2. The number of halogens is 2. The van der Waals surface area contributed by atoms with Gasteiger partial charge < -0.3 is 5.32 Å². The molecule has 0 bridgehead atoms. The minimum Gasteiger partial charge on any atom is -0.376 e. The fraction of sp³-hybridized carbons (Fsp3) is 0.0667. The van der Waals surface area contributed by atoms with Crippen LogP contribution in [0, 0.1) is 5.82 Å². The number of nitrogens with zero attached hydrogens (tertiary/aromatic N) is 1. The summed E-state index contributed by atoms with van der Waals surface area (Å²) in [6.45, 7) is 0.0875. The molecule has 1 amide bonds. The summed E-state index contributed by atoms with van der Waals surface area (Å²) in [4.78, 5) is 11.6. The monoisotopic (exact) mass is 349 g/mol. The summed E-state index contributed by atoms with van der Waals surface area (Å²) in [7, 11) is 0. The van der Waals surface area contributed by atoms with Gasteiger partial charge in [0.2, 0.25) is 0 Å². The van der Waals surface area contributed by atoms with Crippen LogP contribution in [0.1, 0.15) is 5.56 Å². The smallest absolute Gasteiger partial charge is 0.259 e. The lowest BCUT2D eigenvalue weighted by Crippen LogP contribution is -2.25. The minimum absolute atomic E-state index is 0.0875. The molecule has 2 aromatic carbocycles.